The Morgan fingerprint density at radius 3 is 2.03 bits per heavy atom. The highest BCUT2D eigenvalue weighted by Gasteiger charge is 2.50. The van der Waals surface area contributed by atoms with E-state index in [9.17, 15) is 9.90 Å². The van der Waals surface area contributed by atoms with E-state index >= 15 is 0 Å². The smallest absolute Gasteiger partial charge is 0.410 e. The molecule has 4 heteroatoms. The Kier molecular flexibility index (Phi) is 5.45. The quantitative estimate of drug-likeness (QED) is 0.500. The highest BCUT2D eigenvalue weighted by Crippen LogP contribution is 2.46. The van der Waals surface area contributed by atoms with Gasteiger partial charge >= 0.3 is 6.09 Å². The molecule has 0 aromatic heterocycles. The molecule has 3 aliphatic rings. The summed E-state index contributed by atoms with van der Waals surface area (Å²) in [5.41, 5.74) is 7.78. The Bertz CT molecular complexity index is 1200. The molecule has 2 atom stereocenters. The van der Waals surface area contributed by atoms with E-state index in [2.05, 4.69) is 80.6 Å². The Morgan fingerprint density at radius 2 is 1.46 bits per heavy atom. The van der Waals surface area contributed by atoms with Gasteiger partial charge in [-0.3, -0.25) is 0 Å². The Hall–Kier alpha value is -3.11. The predicted molar refractivity (Wildman–Crippen MR) is 138 cm³/mol. The number of hydrogen-bond donors (Lipinski definition) is 1. The van der Waals surface area contributed by atoms with Gasteiger partial charge in [0.2, 0.25) is 0 Å². The second-order valence-corrected chi connectivity index (χ2v) is 10.9. The lowest BCUT2D eigenvalue weighted by molar-refractivity contribution is -0.0479. The number of carbonyl (C=O) groups excluding carboxylic acids is 1. The molecule has 2 fully saturated rings. The van der Waals surface area contributed by atoms with Gasteiger partial charge in [0.15, 0.2) is 0 Å². The summed E-state index contributed by atoms with van der Waals surface area (Å²) in [5, 5.41) is 11.5. The highest BCUT2D eigenvalue weighted by atomic mass is 16.6. The van der Waals surface area contributed by atoms with Crippen molar-refractivity contribution in [3.63, 3.8) is 0 Å². The zero-order valence-electron chi connectivity index (χ0n) is 20.5. The van der Waals surface area contributed by atoms with Crippen LogP contribution in [0.25, 0.3) is 11.1 Å². The monoisotopic (exact) mass is 467 g/mol. The van der Waals surface area contributed by atoms with Crippen LogP contribution in [0.5, 0.6) is 0 Å². The predicted octanol–water partition coefficient (Wildman–Crippen LogP) is 6.15. The molecule has 0 saturated carbocycles. The van der Waals surface area contributed by atoms with Crippen LogP contribution < -0.4 is 0 Å². The molecular formula is C31H33NO3. The molecule has 2 bridgehead atoms. The summed E-state index contributed by atoms with van der Waals surface area (Å²) in [4.78, 5) is 15.3. The lowest BCUT2D eigenvalue weighted by Gasteiger charge is -2.43. The Labute approximate surface area is 207 Å². The number of amides is 1. The van der Waals surface area contributed by atoms with Crippen molar-refractivity contribution in [2.75, 3.05) is 6.61 Å². The second-order valence-electron chi connectivity index (χ2n) is 10.9. The average molecular weight is 468 g/mol. The van der Waals surface area contributed by atoms with Crippen molar-refractivity contribution in [1.82, 2.24) is 4.90 Å². The van der Waals surface area contributed by atoms with E-state index in [1.54, 1.807) is 0 Å². The SMILES string of the molecule is Cc1cc(C)cc(CC2(O)CC3CCC(C2)N3C(=O)OCC2c3ccccc3-c3ccccc32)c1. The fourth-order valence-electron chi connectivity index (χ4n) is 6.98. The van der Waals surface area contributed by atoms with Gasteiger partial charge in [-0.25, -0.2) is 4.79 Å². The summed E-state index contributed by atoms with van der Waals surface area (Å²) < 4.78 is 5.98. The van der Waals surface area contributed by atoms with Crippen molar-refractivity contribution in [2.45, 2.75) is 69.6 Å². The number of ether oxygens (including phenoxy) is 1. The first-order valence-corrected chi connectivity index (χ1v) is 12.8. The van der Waals surface area contributed by atoms with Gasteiger partial charge in [-0.05, 0) is 67.3 Å². The summed E-state index contributed by atoms with van der Waals surface area (Å²) in [6, 6.07) is 23.4. The molecule has 35 heavy (non-hydrogen) atoms. The van der Waals surface area contributed by atoms with Crippen LogP contribution in [-0.2, 0) is 11.2 Å². The number of rotatable bonds is 4. The van der Waals surface area contributed by atoms with Crippen LogP contribution >= 0.6 is 0 Å². The topological polar surface area (TPSA) is 49.8 Å². The van der Waals surface area contributed by atoms with Gasteiger partial charge in [-0.15, -0.1) is 0 Å². The van der Waals surface area contributed by atoms with Crippen LogP contribution in [0.4, 0.5) is 4.79 Å². The zero-order valence-corrected chi connectivity index (χ0v) is 20.5. The third-order valence-corrected chi connectivity index (χ3v) is 8.21. The van der Waals surface area contributed by atoms with Crippen molar-refractivity contribution in [3.8, 4) is 11.1 Å². The van der Waals surface area contributed by atoms with Crippen LogP contribution in [0, 0.1) is 13.8 Å². The van der Waals surface area contributed by atoms with Gasteiger partial charge in [-0.2, -0.15) is 0 Å². The van der Waals surface area contributed by atoms with Crippen LogP contribution in [0.2, 0.25) is 0 Å². The zero-order chi connectivity index (χ0) is 24.2. The van der Waals surface area contributed by atoms with Crippen LogP contribution in [-0.4, -0.2) is 40.4 Å². The first-order valence-electron chi connectivity index (χ1n) is 12.8. The minimum Gasteiger partial charge on any atom is -0.448 e. The van der Waals surface area contributed by atoms with Crippen LogP contribution in [0.15, 0.2) is 66.7 Å². The number of aryl methyl sites for hydroxylation is 2. The highest BCUT2D eigenvalue weighted by molar-refractivity contribution is 5.79. The largest absolute Gasteiger partial charge is 0.448 e. The molecule has 1 amide bonds. The molecule has 0 radical (unpaired) electrons. The average Bonchev–Trinajstić information content (AvgIpc) is 3.29. The standard InChI is InChI=1S/C31H33NO3/c1-20-13-21(2)15-22(14-20)16-31(34)17-23-11-12-24(18-31)32(23)30(33)35-19-29-27-9-5-3-7-25(27)26-8-4-6-10-28(26)29/h3-10,13-15,23-24,29,34H,11-12,16-19H2,1-2H3. The normalized spacial score (nSPS) is 24.8. The summed E-state index contributed by atoms with van der Waals surface area (Å²) >= 11 is 0. The molecule has 2 saturated heterocycles. The van der Waals surface area contributed by atoms with E-state index in [0.29, 0.717) is 25.9 Å². The molecule has 3 aromatic carbocycles. The summed E-state index contributed by atoms with van der Waals surface area (Å²) in [6.45, 7) is 4.55. The molecule has 2 aliphatic heterocycles. The number of fused-ring (bicyclic) bond motifs is 5. The number of aliphatic hydroxyl groups is 1. The fraction of sp³-hybridized carbons (Fsp3) is 0.387. The number of nitrogens with zero attached hydrogens (tertiary/aromatic N) is 1. The van der Waals surface area contributed by atoms with Crippen LogP contribution in [0.1, 0.15) is 59.4 Å². The number of piperidine rings is 1. The first kappa shape index (κ1) is 22.4. The third-order valence-electron chi connectivity index (χ3n) is 8.21. The van der Waals surface area contributed by atoms with Gasteiger partial charge in [0, 0.05) is 24.4 Å². The van der Waals surface area contributed by atoms with E-state index < -0.39 is 5.60 Å². The summed E-state index contributed by atoms with van der Waals surface area (Å²) in [6.07, 6.45) is 3.50. The third kappa shape index (κ3) is 4.04. The van der Waals surface area contributed by atoms with E-state index in [-0.39, 0.29) is 24.1 Å². The minimum atomic E-state index is -0.772. The van der Waals surface area contributed by atoms with Gasteiger partial charge in [-0.1, -0.05) is 77.9 Å². The minimum absolute atomic E-state index is 0.0420. The van der Waals surface area contributed by atoms with Gasteiger partial charge in [0.05, 0.1) is 5.60 Å². The van der Waals surface area contributed by atoms with E-state index in [4.69, 9.17) is 4.74 Å². The molecule has 2 unspecified atom stereocenters. The lowest BCUT2D eigenvalue weighted by Crippen LogP contribution is -2.54. The molecule has 2 heterocycles. The van der Waals surface area contributed by atoms with Crippen molar-refractivity contribution >= 4 is 6.09 Å². The molecule has 180 valence electrons. The molecule has 6 rings (SSSR count). The van der Waals surface area contributed by atoms with Crippen molar-refractivity contribution in [1.29, 1.82) is 0 Å². The molecule has 1 N–H and O–H groups in total. The fourth-order valence-corrected chi connectivity index (χ4v) is 6.98. The van der Waals surface area contributed by atoms with E-state index in [1.165, 1.54) is 38.9 Å². The maximum absolute atomic E-state index is 13.3. The maximum atomic E-state index is 13.3. The lowest BCUT2D eigenvalue weighted by atomic mass is 9.81. The first-order chi connectivity index (χ1) is 16.9. The molecule has 0 spiro atoms. The molecule has 1 aliphatic carbocycles. The van der Waals surface area contributed by atoms with E-state index in [1.807, 2.05) is 4.90 Å². The molecule has 4 nitrogen and oxygen atoms in total. The van der Waals surface area contributed by atoms with Crippen LogP contribution in [0.3, 0.4) is 0 Å². The van der Waals surface area contributed by atoms with Crippen molar-refractivity contribution < 1.29 is 14.6 Å². The van der Waals surface area contributed by atoms with Gasteiger partial charge < -0.3 is 14.7 Å². The molecule has 3 aromatic rings. The van der Waals surface area contributed by atoms with Gasteiger partial charge in [0.1, 0.15) is 6.61 Å². The van der Waals surface area contributed by atoms with Gasteiger partial charge in [0.25, 0.3) is 0 Å². The number of benzene rings is 3. The van der Waals surface area contributed by atoms with Crippen molar-refractivity contribution in [2.24, 2.45) is 0 Å². The Morgan fingerprint density at radius 1 is 0.914 bits per heavy atom. The Balaban J connectivity index is 1.15. The summed E-state index contributed by atoms with van der Waals surface area (Å²) in [5.74, 6) is 0.0651. The molecular weight excluding hydrogens is 434 g/mol. The number of carbonyl (C=O) groups is 1. The van der Waals surface area contributed by atoms with E-state index in [0.717, 1.165) is 12.8 Å². The summed E-state index contributed by atoms with van der Waals surface area (Å²) in [7, 11) is 0. The van der Waals surface area contributed by atoms with Crippen molar-refractivity contribution in [3.05, 3.63) is 94.5 Å². The second kappa shape index (κ2) is 8.53. The maximum Gasteiger partial charge on any atom is 0.410 e. The number of hydrogen-bond acceptors (Lipinski definition) is 3.